The first kappa shape index (κ1) is 18.5. The molecule has 0 saturated carbocycles. The van der Waals surface area contributed by atoms with Gasteiger partial charge in [0.25, 0.3) is 5.56 Å². The minimum atomic E-state index is -0.368. The second kappa shape index (κ2) is 7.27. The van der Waals surface area contributed by atoms with E-state index in [1.165, 1.54) is 14.7 Å². The van der Waals surface area contributed by atoms with Crippen LogP contribution in [-0.4, -0.2) is 38.9 Å². The zero-order valence-electron chi connectivity index (χ0n) is 16.5. The van der Waals surface area contributed by atoms with E-state index < -0.39 is 0 Å². The van der Waals surface area contributed by atoms with Gasteiger partial charge in [0.05, 0.1) is 13.2 Å². The van der Waals surface area contributed by atoms with E-state index in [-0.39, 0.29) is 17.8 Å². The molecule has 0 aliphatic carbocycles. The summed E-state index contributed by atoms with van der Waals surface area (Å²) in [6.45, 7) is 4.96. The molecule has 1 aliphatic heterocycles. The number of hydrogen-bond donors (Lipinski definition) is 0. The number of anilines is 1. The Balaban J connectivity index is 1.88. The summed E-state index contributed by atoms with van der Waals surface area (Å²) in [6.07, 6.45) is 0. The van der Waals surface area contributed by atoms with E-state index in [0.717, 1.165) is 12.5 Å². The second-order valence-corrected chi connectivity index (χ2v) is 7.46. The fraction of sp³-hybridized carbons (Fsp3) is 0.450. The molecule has 3 aromatic rings. The number of fused-ring (bicyclic) bond motifs is 3. The maximum absolute atomic E-state index is 13.1. The smallest absolute Gasteiger partial charge is 0.332 e. The first-order chi connectivity index (χ1) is 13.5. The lowest BCUT2D eigenvalue weighted by atomic mass is 10.1. The van der Waals surface area contributed by atoms with Crippen molar-refractivity contribution in [2.75, 3.05) is 25.2 Å². The van der Waals surface area contributed by atoms with Gasteiger partial charge in [0.1, 0.15) is 0 Å². The van der Waals surface area contributed by atoms with Crippen LogP contribution in [0.4, 0.5) is 5.95 Å². The van der Waals surface area contributed by atoms with Gasteiger partial charge < -0.3 is 14.2 Å². The summed E-state index contributed by atoms with van der Waals surface area (Å²) < 4.78 is 9.73. The summed E-state index contributed by atoms with van der Waals surface area (Å²) >= 11 is 0. The Hall–Kier alpha value is -2.87. The first-order valence-electron chi connectivity index (χ1n) is 9.49. The van der Waals surface area contributed by atoms with E-state index >= 15 is 0 Å². The maximum atomic E-state index is 13.1. The van der Waals surface area contributed by atoms with Gasteiger partial charge in [0.2, 0.25) is 5.95 Å². The number of aryl methyl sites for hydroxylation is 1. The molecule has 4 rings (SSSR count). The molecule has 148 valence electrons. The lowest BCUT2D eigenvalue weighted by molar-refractivity contribution is 0.184. The highest BCUT2D eigenvalue weighted by Crippen LogP contribution is 2.28. The summed E-state index contributed by atoms with van der Waals surface area (Å²) in [6, 6.07) is 10.2. The van der Waals surface area contributed by atoms with Crippen molar-refractivity contribution in [3.8, 4) is 0 Å². The topological polar surface area (TPSA) is 74.3 Å². The highest BCUT2D eigenvalue weighted by Gasteiger charge is 2.28. The average Bonchev–Trinajstić information content (AvgIpc) is 3.07. The Kier molecular flexibility index (Phi) is 4.80. The van der Waals surface area contributed by atoms with Gasteiger partial charge in [-0.25, -0.2) is 4.79 Å². The molecule has 3 heterocycles. The predicted molar refractivity (Wildman–Crippen MR) is 108 cm³/mol. The number of hydrogen-bond acceptors (Lipinski definition) is 5. The van der Waals surface area contributed by atoms with Crippen molar-refractivity contribution in [1.29, 1.82) is 0 Å². The largest absolute Gasteiger partial charge is 0.383 e. The van der Waals surface area contributed by atoms with Crippen molar-refractivity contribution < 1.29 is 4.74 Å². The number of nitrogens with zero attached hydrogens (tertiary/aromatic N) is 5. The number of rotatable bonds is 5. The Morgan fingerprint density at radius 3 is 2.64 bits per heavy atom. The van der Waals surface area contributed by atoms with Gasteiger partial charge in [-0.2, -0.15) is 4.98 Å². The van der Waals surface area contributed by atoms with Gasteiger partial charge in [-0.15, -0.1) is 0 Å². The van der Waals surface area contributed by atoms with Crippen molar-refractivity contribution in [3.05, 3.63) is 56.7 Å². The molecule has 0 unspecified atom stereocenters. The SMILES string of the molecule is COCCn1c(=O)c2c(nc3n2C[C@H](C)CN3Cc2ccccc2)n(C)c1=O. The van der Waals surface area contributed by atoms with Gasteiger partial charge in [-0.05, 0) is 11.5 Å². The molecule has 8 nitrogen and oxygen atoms in total. The third-order valence-electron chi connectivity index (χ3n) is 5.26. The first-order valence-corrected chi connectivity index (χ1v) is 9.49. The maximum Gasteiger partial charge on any atom is 0.332 e. The number of benzene rings is 1. The van der Waals surface area contributed by atoms with Gasteiger partial charge in [0.15, 0.2) is 11.2 Å². The lowest BCUT2D eigenvalue weighted by Crippen LogP contribution is -2.41. The molecule has 0 saturated heterocycles. The summed E-state index contributed by atoms with van der Waals surface area (Å²) in [5, 5.41) is 0. The van der Waals surface area contributed by atoms with E-state index in [1.807, 2.05) is 22.8 Å². The van der Waals surface area contributed by atoms with Crippen molar-refractivity contribution in [2.45, 2.75) is 26.6 Å². The Morgan fingerprint density at radius 1 is 1.18 bits per heavy atom. The third-order valence-corrected chi connectivity index (χ3v) is 5.26. The van der Waals surface area contributed by atoms with Crippen molar-refractivity contribution >= 4 is 17.1 Å². The van der Waals surface area contributed by atoms with Crippen LogP contribution in [0.3, 0.4) is 0 Å². The van der Waals surface area contributed by atoms with Crippen molar-refractivity contribution in [3.63, 3.8) is 0 Å². The number of imidazole rings is 1. The van der Waals surface area contributed by atoms with Crippen LogP contribution in [0.5, 0.6) is 0 Å². The molecule has 8 heteroatoms. The van der Waals surface area contributed by atoms with Crippen LogP contribution < -0.4 is 16.1 Å². The Morgan fingerprint density at radius 2 is 1.93 bits per heavy atom. The second-order valence-electron chi connectivity index (χ2n) is 7.46. The predicted octanol–water partition coefficient (Wildman–Crippen LogP) is 1.20. The van der Waals surface area contributed by atoms with E-state index in [0.29, 0.717) is 36.8 Å². The van der Waals surface area contributed by atoms with Gasteiger partial charge in [-0.3, -0.25) is 13.9 Å². The van der Waals surface area contributed by atoms with Crippen molar-refractivity contribution in [2.24, 2.45) is 13.0 Å². The average molecular weight is 383 g/mol. The fourth-order valence-electron chi connectivity index (χ4n) is 3.92. The van der Waals surface area contributed by atoms with E-state index in [9.17, 15) is 9.59 Å². The van der Waals surface area contributed by atoms with E-state index in [2.05, 4.69) is 24.0 Å². The van der Waals surface area contributed by atoms with Gasteiger partial charge in [0, 0.05) is 33.8 Å². The summed E-state index contributed by atoms with van der Waals surface area (Å²) in [5.41, 5.74) is 1.43. The molecule has 0 fully saturated rings. The molecule has 1 atom stereocenters. The number of aromatic nitrogens is 4. The Bertz CT molecular complexity index is 1110. The molecule has 0 amide bonds. The zero-order valence-corrected chi connectivity index (χ0v) is 16.5. The lowest BCUT2D eigenvalue weighted by Gasteiger charge is -2.33. The van der Waals surface area contributed by atoms with Crippen LogP contribution in [0, 0.1) is 5.92 Å². The van der Waals surface area contributed by atoms with Crippen molar-refractivity contribution in [1.82, 2.24) is 18.7 Å². The molecular formula is C20H25N5O3. The molecule has 1 aliphatic rings. The Labute approximate surface area is 162 Å². The van der Waals surface area contributed by atoms with Gasteiger partial charge >= 0.3 is 5.69 Å². The molecule has 28 heavy (non-hydrogen) atoms. The van der Waals surface area contributed by atoms with Crippen LogP contribution >= 0.6 is 0 Å². The van der Waals surface area contributed by atoms with Crippen LogP contribution in [0.25, 0.3) is 11.2 Å². The molecule has 2 aromatic heterocycles. The van der Waals surface area contributed by atoms with E-state index in [4.69, 9.17) is 9.72 Å². The fourth-order valence-corrected chi connectivity index (χ4v) is 3.92. The summed E-state index contributed by atoms with van der Waals surface area (Å²) in [4.78, 5) is 32.7. The normalized spacial score (nSPS) is 16.5. The molecule has 1 aromatic carbocycles. The zero-order chi connectivity index (χ0) is 19.8. The quantitative estimate of drug-likeness (QED) is 0.662. The summed E-state index contributed by atoms with van der Waals surface area (Å²) in [5.74, 6) is 1.10. The minimum absolute atomic E-state index is 0.224. The van der Waals surface area contributed by atoms with Crippen LogP contribution in [0.2, 0.25) is 0 Å². The standard InChI is InChI=1S/C20H25N5O3/c1-14-11-23(13-15-7-5-4-6-8-15)19-21-17-16(25(19)12-14)18(26)24(9-10-28-3)20(27)22(17)2/h4-8,14H,9-13H2,1-3H3/t14-/m1/s1. The molecule has 0 N–H and O–H groups in total. The highest BCUT2D eigenvalue weighted by atomic mass is 16.5. The molecular weight excluding hydrogens is 358 g/mol. The van der Waals surface area contributed by atoms with Crippen LogP contribution in [0.1, 0.15) is 12.5 Å². The monoisotopic (exact) mass is 383 g/mol. The van der Waals surface area contributed by atoms with Gasteiger partial charge in [-0.1, -0.05) is 37.3 Å². The van der Waals surface area contributed by atoms with Crippen LogP contribution in [-0.2, 0) is 31.4 Å². The number of ether oxygens (including phenoxy) is 1. The summed E-state index contributed by atoms with van der Waals surface area (Å²) in [7, 11) is 3.22. The third kappa shape index (κ3) is 3.03. The van der Waals surface area contributed by atoms with Crippen LogP contribution in [0.15, 0.2) is 39.9 Å². The molecule has 0 spiro atoms. The minimum Gasteiger partial charge on any atom is -0.383 e. The highest BCUT2D eigenvalue weighted by molar-refractivity contribution is 5.75. The number of methoxy groups -OCH3 is 1. The molecule has 0 bridgehead atoms. The molecule has 0 radical (unpaired) electrons. The van der Waals surface area contributed by atoms with E-state index in [1.54, 1.807) is 14.2 Å².